The monoisotopic (exact) mass is 221 g/mol. The van der Waals surface area contributed by atoms with Gasteiger partial charge in [-0.05, 0) is 31.6 Å². The molecular weight excluding hydrogens is 202 g/mol. The van der Waals surface area contributed by atoms with Gasteiger partial charge < -0.3 is 14.6 Å². The van der Waals surface area contributed by atoms with Crippen LogP contribution in [0.5, 0.6) is 0 Å². The molecule has 88 valence electrons. The fraction of sp³-hybridized carbons (Fsp3) is 0.750. The maximum atomic E-state index is 5.38. The summed E-state index contributed by atoms with van der Waals surface area (Å²) in [6.45, 7) is 2.92. The van der Waals surface area contributed by atoms with Crippen molar-refractivity contribution in [1.82, 2.24) is 9.55 Å². The minimum absolute atomic E-state index is 0.677. The van der Waals surface area contributed by atoms with E-state index in [4.69, 9.17) is 4.74 Å². The van der Waals surface area contributed by atoms with E-state index >= 15 is 0 Å². The smallest absolute Gasteiger partial charge is 0.202 e. The standard InChI is InChI=1S/C12H19N3O/c1-2-11(1)14-12-13-5-6-15(12)9-10-3-7-16-8-4-10/h5-6,10-11H,1-4,7-9H2,(H,13,14). The van der Waals surface area contributed by atoms with Gasteiger partial charge in [-0.15, -0.1) is 0 Å². The molecule has 1 saturated heterocycles. The molecule has 2 aliphatic rings. The minimum Gasteiger partial charge on any atom is -0.381 e. The highest BCUT2D eigenvalue weighted by Gasteiger charge is 2.23. The summed E-state index contributed by atoms with van der Waals surface area (Å²) in [6, 6.07) is 0.677. The van der Waals surface area contributed by atoms with Crippen molar-refractivity contribution >= 4 is 5.95 Å². The van der Waals surface area contributed by atoms with E-state index in [0.29, 0.717) is 6.04 Å². The van der Waals surface area contributed by atoms with Crippen molar-refractivity contribution in [2.45, 2.75) is 38.3 Å². The number of ether oxygens (including phenoxy) is 1. The van der Waals surface area contributed by atoms with Crippen LogP contribution < -0.4 is 5.32 Å². The molecule has 0 atom stereocenters. The molecule has 4 nitrogen and oxygen atoms in total. The van der Waals surface area contributed by atoms with Gasteiger partial charge in [-0.1, -0.05) is 0 Å². The first-order valence-corrected chi connectivity index (χ1v) is 6.27. The Balaban J connectivity index is 1.61. The SMILES string of the molecule is c1cn(CC2CCOCC2)c(NC2CC2)n1. The van der Waals surface area contributed by atoms with Gasteiger partial charge in [0.25, 0.3) is 0 Å². The fourth-order valence-electron chi connectivity index (χ4n) is 2.21. The summed E-state index contributed by atoms with van der Waals surface area (Å²) < 4.78 is 7.64. The average Bonchev–Trinajstić information content (AvgIpc) is 3.02. The molecule has 1 aromatic heterocycles. The zero-order chi connectivity index (χ0) is 10.8. The van der Waals surface area contributed by atoms with E-state index in [0.717, 1.165) is 31.6 Å². The molecule has 0 aromatic carbocycles. The Morgan fingerprint density at radius 1 is 1.31 bits per heavy atom. The Kier molecular flexibility index (Phi) is 2.82. The van der Waals surface area contributed by atoms with Gasteiger partial charge in [-0.3, -0.25) is 0 Å². The molecule has 1 N–H and O–H groups in total. The lowest BCUT2D eigenvalue weighted by molar-refractivity contribution is 0.0614. The first kappa shape index (κ1) is 10.1. The molecule has 0 spiro atoms. The van der Waals surface area contributed by atoms with Gasteiger partial charge in [0.2, 0.25) is 5.95 Å². The Morgan fingerprint density at radius 2 is 2.12 bits per heavy atom. The van der Waals surface area contributed by atoms with Crippen LogP contribution in [0, 0.1) is 5.92 Å². The topological polar surface area (TPSA) is 39.1 Å². The third-order valence-electron chi connectivity index (χ3n) is 3.42. The number of nitrogens with one attached hydrogen (secondary N) is 1. The van der Waals surface area contributed by atoms with Crippen LogP contribution in [0.1, 0.15) is 25.7 Å². The lowest BCUT2D eigenvalue weighted by Gasteiger charge is -2.23. The second kappa shape index (κ2) is 4.45. The van der Waals surface area contributed by atoms with Crippen molar-refractivity contribution in [3.63, 3.8) is 0 Å². The van der Waals surface area contributed by atoms with Gasteiger partial charge in [-0.25, -0.2) is 4.98 Å². The highest BCUT2D eigenvalue weighted by Crippen LogP contribution is 2.25. The molecule has 1 aromatic rings. The van der Waals surface area contributed by atoms with E-state index in [2.05, 4.69) is 21.1 Å². The van der Waals surface area contributed by atoms with Crippen LogP contribution in [-0.2, 0) is 11.3 Å². The van der Waals surface area contributed by atoms with Crippen LogP contribution in [0.2, 0.25) is 0 Å². The first-order chi connectivity index (χ1) is 7.92. The van der Waals surface area contributed by atoms with Crippen LogP contribution in [0.25, 0.3) is 0 Å². The lowest BCUT2D eigenvalue weighted by atomic mass is 10.0. The maximum Gasteiger partial charge on any atom is 0.202 e. The Labute approximate surface area is 96.0 Å². The zero-order valence-corrected chi connectivity index (χ0v) is 9.56. The highest BCUT2D eigenvalue weighted by atomic mass is 16.5. The van der Waals surface area contributed by atoms with E-state index < -0.39 is 0 Å². The van der Waals surface area contributed by atoms with Crippen LogP contribution in [0.4, 0.5) is 5.95 Å². The number of anilines is 1. The summed E-state index contributed by atoms with van der Waals surface area (Å²) in [5.41, 5.74) is 0. The molecule has 0 radical (unpaired) electrons. The number of hydrogen-bond acceptors (Lipinski definition) is 3. The second-order valence-electron chi connectivity index (χ2n) is 4.88. The van der Waals surface area contributed by atoms with Crippen molar-refractivity contribution in [2.24, 2.45) is 5.92 Å². The number of hydrogen-bond donors (Lipinski definition) is 1. The molecular formula is C12H19N3O. The summed E-state index contributed by atoms with van der Waals surface area (Å²) in [5.74, 6) is 1.80. The van der Waals surface area contributed by atoms with E-state index in [1.807, 2.05) is 6.20 Å². The zero-order valence-electron chi connectivity index (χ0n) is 9.56. The maximum absolute atomic E-state index is 5.38. The number of nitrogens with zero attached hydrogens (tertiary/aromatic N) is 2. The lowest BCUT2D eigenvalue weighted by Crippen LogP contribution is -2.21. The minimum atomic E-state index is 0.677. The third-order valence-corrected chi connectivity index (χ3v) is 3.42. The first-order valence-electron chi connectivity index (χ1n) is 6.27. The van der Waals surface area contributed by atoms with Crippen LogP contribution in [0.15, 0.2) is 12.4 Å². The molecule has 0 amide bonds. The molecule has 4 heteroatoms. The summed E-state index contributed by atoms with van der Waals surface area (Å²) >= 11 is 0. The molecule has 16 heavy (non-hydrogen) atoms. The fourth-order valence-corrected chi connectivity index (χ4v) is 2.21. The molecule has 1 aliphatic carbocycles. The summed E-state index contributed by atoms with van der Waals surface area (Å²) in [4.78, 5) is 4.38. The van der Waals surface area contributed by atoms with Gasteiger partial charge >= 0.3 is 0 Å². The van der Waals surface area contributed by atoms with Gasteiger partial charge in [0.1, 0.15) is 0 Å². The van der Waals surface area contributed by atoms with Crippen molar-refractivity contribution in [3.05, 3.63) is 12.4 Å². The normalized spacial score (nSPS) is 22.2. The van der Waals surface area contributed by atoms with Crippen LogP contribution >= 0.6 is 0 Å². The van der Waals surface area contributed by atoms with Crippen LogP contribution in [-0.4, -0.2) is 28.8 Å². The number of aromatic nitrogens is 2. The second-order valence-corrected chi connectivity index (χ2v) is 4.88. The molecule has 0 bridgehead atoms. The van der Waals surface area contributed by atoms with Gasteiger partial charge in [0.15, 0.2) is 0 Å². The van der Waals surface area contributed by atoms with Gasteiger partial charge in [-0.2, -0.15) is 0 Å². The molecule has 3 rings (SSSR count). The summed E-state index contributed by atoms with van der Waals surface area (Å²) in [7, 11) is 0. The molecule has 1 saturated carbocycles. The van der Waals surface area contributed by atoms with Gasteiger partial charge in [0, 0.05) is 38.2 Å². The van der Waals surface area contributed by atoms with E-state index in [-0.39, 0.29) is 0 Å². The van der Waals surface area contributed by atoms with Crippen molar-refractivity contribution < 1.29 is 4.74 Å². The molecule has 2 heterocycles. The summed E-state index contributed by atoms with van der Waals surface area (Å²) in [6.07, 6.45) is 8.93. The van der Waals surface area contributed by atoms with Crippen LogP contribution in [0.3, 0.4) is 0 Å². The van der Waals surface area contributed by atoms with Crippen molar-refractivity contribution in [1.29, 1.82) is 0 Å². The predicted octanol–water partition coefficient (Wildman–Crippen LogP) is 1.88. The molecule has 0 unspecified atom stereocenters. The highest BCUT2D eigenvalue weighted by molar-refractivity contribution is 5.29. The van der Waals surface area contributed by atoms with E-state index in [9.17, 15) is 0 Å². The largest absolute Gasteiger partial charge is 0.381 e. The average molecular weight is 221 g/mol. The predicted molar refractivity (Wildman–Crippen MR) is 62.4 cm³/mol. The number of rotatable bonds is 4. The van der Waals surface area contributed by atoms with Crippen molar-refractivity contribution in [2.75, 3.05) is 18.5 Å². The Hall–Kier alpha value is -1.03. The van der Waals surface area contributed by atoms with E-state index in [1.165, 1.54) is 25.7 Å². The Morgan fingerprint density at radius 3 is 2.88 bits per heavy atom. The van der Waals surface area contributed by atoms with Gasteiger partial charge in [0.05, 0.1) is 0 Å². The quantitative estimate of drug-likeness (QED) is 0.843. The number of imidazole rings is 1. The van der Waals surface area contributed by atoms with Crippen molar-refractivity contribution in [3.8, 4) is 0 Å². The molecule has 2 fully saturated rings. The van der Waals surface area contributed by atoms with E-state index in [1.54, 1.807) is 0 Å². The third kappa shape index (κ3) is 2.38. The summed E-state index contributed by atoms with van der Waals surface area (Å²) in [5, 5.41) is 3.47. The molecule has 1 aliphatic heterocycles. The Bertz CT molecular complexity index is 340.